The van der Waals surface area contributed by atoms with E-state index in [0.717, 1.165) is 18.6 Å². The van der Waals surface area contributed by atoms with E-state index in [2.05, 4.69) is 84.9 Å². The van der Waals surface area contributed by atoms with Gasteiger partial charge in [0.2, 0.25) is 0 Å². The van der Waals surface area contributed by atoms with Crippen LogP contribution in [0.2, 0.25) is 0 Å². The number of aryl methyl sites for hydroxylation is 1. The normalized spacial score (nSPS) is 13.6. The van der Waals surface area contributed by atoms with Crippen LogP contribution >= 0.6 is 0 Å². The van der Waals surface area contributed by atoms with Crippen molar-refractivity contribution >= 4 is 0 Å². The van der Waals surface area contributed by atoms with Gasteiger partial charge in [0.1, 0.15) is 11.5 Å². The van der Waals surface area contributed by atoms with Crippen molar-refractivity contribution in [1.29, 1.82) is 0 Å². The minimum atomic E-state index is -0.181. The van der Waals surface area contributed by atoms with Gasteiger partial charge in [0, 0.05) is 6.61 Å². The predicted molar refractivity (Wildman–Crippen MR) is 164 cm³/mol. The van der Waals surface area contributed by atoms with Crippen LogP contribution in [-0.2, 0) is 4.74 Å². The number of hydrogen-bond acceptors (Lipinski definition) is 3. The summed E-state index contributed by atoms with van der Waals surface area (Å²) in [6.07, 6.45) is 3.35. The number of aromatic hydroxyl groups is 1. The molecular formula is C35H52O3. The molecule has 1 N–H and O–H groups in total. The molecule has 3 rings (SSSR count). The van der Waals surface area contributed by atoms with Crippen molar-refractivity contribution in [3.8, 4) is 11.5 Å². The fourth-order valence-electron chi connectivity index (χ4n) is 3.74. The molecule has 3 nitrogen and oxygen atoms in total. The highest BCUT2D eigenvalue weighted by Gasteiger charge is 2.05. The van der Waals surface area contributed by atoms with Crippen LogP contribution in [0.4, 0.5) is 0 Å². The van der Waals surface area contributed by atoms with Crippen LogP contribution in [-0.4, -0.2) is 18.0 Å². The van der Waals surface area contributed by atoms with Crippen molar-refractivity contribution in [2.24, 2.45) is 0 Å². The fourth-order valence-corrected chi connectivity index (χ4v) is 3.74. The van der Waals surface area contributed by atoms with Crippen LogP contribution in [0.3, 0.4) is 0 Å². The molecule has 4 unspecified atom stereocenters. The molecule has 3 aromatic rings. The van der Waals surface area contributed by atoms with Gasteiger partial charge in [-0.2, -0.15) is 0 Å². The smallest absolute Gasteiger partial charge is 0.196 e. The minimum Gasteiger partial charge on any atom is -0.508 e. The van der Waals surface area contributed by atoms with Crippen molar-refractivity contribution in [3.63, 3.8) is 0 Å². The summed E-state index contributed by atoms with van der Waals surface area (Å²) in [5.74, 6) is 3.12. The van der Waals surface area contributed by atoms with Crippen LogP contribution in [0.1, 0.15) is 115 Å². The van der Waals surface area contributed by atoms with E-state index in [9.17, 15) is 0 Å². The van der Waals surface area contributed by atoms with E-state index in [1.807, 2.05) is 38.1 Å². The number of rotatable bonds is 10. The summed E-state index contributed by atoms with van der Waals surface area (Å²) in [5, 5.41) is 9.01. The van der Waals surface area contributed by atoms with E-state index in [4.69, 9.17) is 14.6 Å². The summed E-state index contributed by atoms with van der Waals surface area (Å²) in [5.41, 5.74) is 5.46. The summed E-state index contributed by atoms with van der Waals surface area (Å²) in [4.78, 5) is 0. The van der Waals surface area contributed by atoms with E-state index < -0.39 is 0 Å². The molecule has 3 aromatic carbocycles. The van der Waals surface area contributed by atoms with E-state index in [-0.39, 0.29) is 6.29 Å². The highest BCUT2D eigenvalue weighted by Crippen LogP contribution is 2.22. The third-order valence-corrected chi connectivity index (χ3v) is 7.10. The lowest BCUT2D eigenvalue weighted by molar-refractivity contribution is -0.0613. The highest BCUT2D eigenvalue weighted by atomic mass is 16.7. The second kappa shape index (κ2) is 18.5. The Kier molecular flexibility index (Phi) is 16.2. The lowest BCUT2D eigenvalue weighted by atomic mass is 9.98. The van der Waals surface area contributed by atoms with Crippen LogP contribution in [0.5, 0.6) is 11.5 Å². The quantitative estimate of drug-likeness (QED) is 0.270. The summed E-state index contributed by atoms with van der Waals surface area (Å²) >= 11 is 0. The van der Waals surface area contributed by atoms with Gasteiger partial charge in [-0.3, -0.25) is 0 Å². The Labute approximate surface area is 233 Å². The van der Waals surface area contributed by atoms with Crippen LogP contribution < -0.4 is 4.74 Å². The second-order valence-corrected chi connectivity index (χ2v) is 10.1. The Morgan fingerprint density at radius 2 is 0.947 bits per heavy atom. The first-order valence-electron chi connectivity index (χ1n) is 14.4. The van der Waals surface area contributed by atoms with Crippen LogP contribution in [0.15, 0.2) is 72.8 Å². The third kappa shape index (κ3) is 12.6. The van der Waals surface area contributed by atoms with Gasteiger partial charge in [0.15, 0.2) is 6.29 Å². The maximum absolute atomic E-state index is 9.01. The van der Waals surface area contributed by atoms with Crippen LogP contribution in [0.25, 0.3) is 0 Å². The Morgan fingerprint density at radius 3 is 1.32 bits per heavy atom. The summed E-state index contributed by atoms with van der Waals surface area (Å²) in [6, 6.07) is 24.5. The van der Waals surface area contributed by atoms with Crippen molar-refractivity contribution in [1.82, 2.24) is 0 Å². The maximum Gasteiger partial charge on any atom is 0.196 e. The molecule has 0 aliphatic rings. The molecule has 0 saturated heterocycles. The van der Waals surface area contributed by atoms with Crippen LogP contribution in [0, 0.1) is 6.92 Å². The fraction of sp³-hybridized carbons (Fsp3) is 0.486. The van der Waals surface area contributed by atoms with Gasteiger partial charge >= 0.3 is 0 Å². The molecule has 3 heteroatoms. The van der Waals surface area contributed by atoms with Gasteiger partial charge in [-0.05, 0) is 98.7 Å². The standard InChI is InChI=1S/C14H22O2.C11H16.C10H14O/c1-5-11(3)13-7-9-14(10-8-13)16-12(4)15-6-2;1-4-10(3)11-7-5-9(2)6-8-11;1-3-8(2)9-4-6-10(11)7-5-9/h7-12H,5-6H2,1-4H3;5-8,10H,4H2,1-3H3;4-8,11H,3H2,1-2H3. The molecular weight excluding hydrogens is 468 g/mol. The number of hydrogen-bond donors (Lipinski definition) is 1. The highest BCUT2D eigenvalue weighted by molar-refractivity contribution is 5.29. The minimum absolute atomic E-state index is 0.181. The Bertz CT molecular complexity index is 926. The Hall–Kier alpha value is -2.78. The van der Waals surface area contributed by atoms with Gasteiger partial charge in [-0.1, -0.05) is 95.6 Å². The van der Waals surface area contributed by atoms with Gasteiger partial charge in [-0.25, -0.2) is 0 Å². The molecule has 0 radical (unpaired) electrons. The van der Waals surface area contributed by atoms with Crippen molar-refractivity contribution in [3.05, 3.63) is 95.1 Å². The zero-order valence-electron chi connectivity index (χ0n) is 25.3. The molecule has 0 heterocycles. The van der Waals surface area contributed by atoms with E-state index >= 15 is 0 Å². The molecule has 210 valence electrons. The molecule has 0 amide bonds. The summed E-state index contributed by atoms with van der Waals surface area (Å²) < 4.78 is 10.9. The maximum atomic E-state index is 9.01. The zero-order chi connectivity index (χ0) is 28.5. The molecule has 0 saturated carbocycles. The molecule has 0 aromatic heterocycles. The SMILES string of the molecule is CCC(C)c1ccc(C)cc1.CCC(C)c1ccc(O)cc1.CCOC(C)Oc1ccc(C(C)CC)cc1. The van der Waals surface area contributed by atoms with Gasteiger partial charge < -0.3 is 14.6 Å². The summed E-state index contributed by atoms with van der Waals surface area (Å²) in [7, 11) is 0. The average molecular weight is 521 g/mol. The molecule has 0 fully saturated rings. The van der Waals surface area contributed by atoms with Gasteiger partial charge in [0.25, 0.3) is 0 Å². The monoisotopic (exact) mass is 520 g/mol. The largest absolute Gasteiger partial charge is 0.508 e. The predicted octanol–water partition coefficient (Wildman–Crippen LogP) is 10.4. The Morgan fingerprint density at radius 1 is 0.579 bits per heavy atom. The van der Waals surface area contributed by atoms with E-state index in [1.165, 1.54) is 28.7 Å². The lowest BCUT2D eigenvalue weighted by Crippen LogP contribution is -2.15. The first-order chi connectivity index (χ1) is 18.1. The number of ether oxygens (including phenoxy) is 2. The first-order valence-corrected chi connectivity index (χ1v) is 14.4. The molecule has 0 aliphatic heterocycles. The average Bonchev–Trinajstić information content (AvgIpc) is 2.94. The van der Waals surface area contributed by atoms with Gasteiger partial charge in [-0.15, -0.1) is 0 Å². The lowest BCUT2D eigenvalue weighted by Gasteiger charge is -2.15. The molecule has 0 spiro atoms. The Balaban J connectivity index is 0.000000293. The number of benzene rings is 3. The molecule has 38 heavy (non-hydrogen) atoms. The molecule has 0 bridgehead atoms. The molecule has 4 atom stereocenters. The second-order valence-electron chi connectivity index (χ2n) is 10.1. The van der Waals surface area contributed by atoms with Crippen molar-refractivity contribution < 1.29 is 14.6 Å². The van der Waals surface area contributed by atoms with Gasteiger partial charge in [0.05, 0.1) is 0 Å². The number of phenolic OH excluding ortho intramolecular Hbond substituents is 1. The van der Waals surface area contributed by atoms with E-state index in [1.54, 1.807) is 12.1 Å². The van der Waals surface area contributed by atoms with Crippen molar-refractivity contribution in [2.75, 3.05) is 6.61 Å². The third-order valence-electron chi connectivity index (χ3n) is 7.10. The van der Waals surface area contributed by atoms with E-state index in [0.29, 0.717) is 30.1 Å². The first kappa shape index (κ1) is 33.2. The number of phenols is 1. The summed E-state index contributed by atoms with van der Waals surface area (Å²) in [6.45, 7) is 20.0. The topological polar surface area (TPSA) is 38.7 Å². The molecule has 0 aliphatic carbocycles. The van der Waals surface area contributed by atoms with Crippen molar-refractivity contribution in [2.45, 2.75) is 106 Å². The zero-order valence-corrected chi connectivity index (χ0v) is 25.3.